The average Bonchev–Trinajstić information content (AvgIpc) is 3.09. The lowest BCUT2D eigenvalue weighted by atomic mass is 9.98. The summed E-state index contributed by atoms with van der Waals surface area (Å²) in [6.07, 6.45) is -3.08. The molecular weight excluding hydrogens is 416 g/mol. The molecule has 2 aromatic carbocycles. The van der Waals surface area contributed by atoms with E-state index in [0.717, 1.165) is 22.3 Å². The van der Waals surface area contributed by atoms with Crippen LogP contribution in [0.2, 0.25) is 5.15 Å². The molecule has 1 heterocycles. The fourth-order valence-corrected chi connectivity index (χ4v) is 4.20. The van der Waals surface area contributed by atoms with E-state index in [0.29, 0.717) is 16.4 Å². The number of carbonyl (C=O) groups excluding carboxylic acids is 1. The van der Waals surface area contributed by atoms with E-state index in [1.165, 1.54) is 0 Å². The van der Waals surface area contributed by atoms with Gasteiger partial charge >= 0.3 is 6.09 Å². The van der Waals surface area contributed by atoms with E-state index in [-0.39, 0.29) is 19.1 Å². The number of fused-ring (bicyclic) bond motifs is 3. The van der Waals surface area contributed by atoms with Gasteiger partial charge in [-0.25, -0.2) is 9.78 Å². The molecule has 31 heavy (non-hydrogen) atoms. The third-order valence-corrected chi connectivity index (χ3v) is 5.79. The number of pyridine rings is 1. The number of aliphatic hydroxyl groups excluding tert-OH is 2. The van der Waals surface area contributed by atoms with Crippen molar-refractivity contribution in [1.82, 2.24) is 10.3 Å². The molecule has 1 aromatic heterocycles. The molecule has 0 bridgehead atoms. The van der Waals surface area contributed by atoms with Crippen LogP contribution in [0.1, 0.15) is 34.4 Å². The van der Waals surface area contributed by atoms with Gasteiger partial charge < -0.3 is 20.3 Å². The van der Waals surface area contributed by atoms with E-state index in [1.54, 1.807) is 19.1 Å². The standard InChI is InChI=1S/C24H23ClN2O4/c1-14-15(10-11-22(25)27-14)23(29)21(28)12-26-24(30)31-13-20-18-8-4-2-6-16(18)17-7-3-5-9-19(17)20/h2-11,20-21,23,28-29H,12-13H2,1H3,(H,26,30). The number of alkyl carbamates (subject to hydrolysis) is 1. The molecule has 6 nitrogen and oxygen atoms in total. The number of hydrogen-bond acceptors (Lipinski definition) is 5. The monoisotopic (exact) mass is 438 g/mol. The summed E-state index contributed by atoms with van der Waals surface area (Å²) in [5.74, 6) is -0.0449. The number of nitrogens with one attached hydrogen (secondary N) is 1. The summed E-state index contributed by atoms with van der Waals surface area (Å²) in [4.78, 5) is 16.3. The number of aromatic nitrogens is 1. The van der Waals surface area contributed by atoms with Crippen molar-refractivity contribution in [3.05, 3.63) is 88.2 Å². The number of carbonyl (C=O) groups is 1. The van der Waals surface area contributed by atoms with Crippen LogP contribution in [0.3, 0.4) is 0 Å². The lowest BCUT2D eigenvalue weighted by molar-refractivity contribution is 0.0180. The van der Waals surface area contributed by atoms with Gasteiger partial charge in [-0.1, -0.05) is 66.2 Å². The number of hydrogen-bond donors (Lipinski definition) is 3. The Kier molecular flexibility index (Phi) is 6.23. The zero-order chi connectivity index (χ0) is 22.0. The van der Waals surface area contributed by atoms with Gasteiger partial charge in [0.15, 0.2) is 0 Å². The Hall–Kier alpha value is -2.93. The number of nitrogens with zero attached hydrogens (tertiary/aromatic N) is 1. The third-order valence-electron chi connectivity index (χ3n) is 5.58. The lowest BCUT2D eigenvalue weighted by Crippen LogP contribution is -2.36. The molecule has 3 aromatic rings. The highest BCUT2D eigenvalue weighted by molar-refractivity contribution is 6.29. The first-order valence-corrected chi connectivity index (χ1v) is 10.4. The summed E-state index contributed by atoms with van der Waals surface area (Å²) in [7, 11) is 0. The van der Waals surface area contributed by atoms with Gasteiger partial charge in [0.05, 0.1) is 0 Å². The van der Waals surface area contributed by atoms with Gasteiger partial charge in [-0.05, 0) is 35.2 Å². The van der Waals surface area contributed by atoms with Crippen molar-refractivity contribution >= 4 is 17.7 Å². The minimum Gasteiger partial charge on any atom is -0.449 e. The van der Waals surface area contributed by atoms with Crippen molar-refractivity contribution in [3.8, 4) is 11.1 Å². The van der Waals surface area contributed by atoms with Gasteiger partial charge in [0.1, 0.15) is 24.0 Å². The van der Waals surface area contributed by atoms with Gasteiger partial charge in [0.25, 0.3) is 0 Å². The molecule has 160 valence electrons. The number of aryl methyl sites for hydroxylation is 1. The zero-order valence-electron chi connectivity index (χ0n) is 17.0. The molecule has 1 amide bonds. The molecule has 1 aliphatic carbocycles. The topological polar surface area (TPSA) is 91.7 Å². The number of amides is 1. The quantitative estimate of drug-likeness (QED) is 0.506. The molecule has 0 saturated heterocycles. The van der Waals surface area contributed by atoms with Crippen molar-refractivity contribution in [2.45, 2.75) is 25.0 Å². The Morgan fingerprint density at radius 3 is 2.29 bits per heavy atom. The number of rotatable bonds is 6. The summed E-state index contributed by atoms with van der Waals surface area (Å²) in [5.41, 5.74) is 5.51. The summed E-state index contributed by atoms with van der Waals surface area (Å²) in [6.45, 7) is 1.70. The first-order valence-electron chi connectivity index (χ1n) is 10.0. The smallest absolute Gasteiger partial charge is 0.407 e. The highest BCUT2D eigenvalue weighted by Crippen LogP contribution is 2.44. The van der Waals surface area contributed by atoms with Gasteiger partial charge in [-0.2, -0.15) is 0 Å². The maximum Gasteiger partial charge on any atom is 0.407 e. The normalized spacial score (nSPS) is 14.5. The molecule has 0 aliphatic heterocycles. The predicted molar refractivity (Wildman–Crippen MR) is 118 cm³/mol. The van der Waals surface area contributed by atoms with Crippen molar-refractivity contribution in [2.75, 3.05) is 13.2 Å². The third kappa shape index (κ3) is 4.42. The molecule has 0 fully saturated rings. The summed E-state index contributed by atoms with van der Waals surface area (Å²) in [5, 5.41) is 23.5. The molecule has 0 saturated carbocycles. The highest BCUT2D eigenvalue weighted by atomic mass is 35.5. The van der Waals surface area contributed by atoms with E-state index in [9.17, 15) is 15.0 Å². The van der Waals surface area contributed by atoms with Gasteiger partial charge in [-0.15, -0.1) is 0 Å². The minimum absolute atomic E-state index is 0.0449. The summed E-state index contributed by atoms with van der Waals surface area (Å²) < 4.78 is 5.44. The molecule has 1 aliphatic rings. The summed E-state index contributed by atoms with van der Waals surface area (Å²) in [6, 6.07) is 19.3. The number of halogens is 1. The molecule has 2 unspecified atom stereocenters. The van der Waals surface area contributed by atoms with Gasteiger partial charge in [0, 0.05) is 23.7 Å². The van der Waals surface area contributed by atoms with Crippen LogP contribution in [0.5, 0.6) is 0 Å². The number of ether oxygens (including phenoxy) is 1. The van der Waals surface area contributed by atoms with Crippen LogP contribution in [-0.4, -0.2) is 40.5 Å². The fourth-order valence-electron chi connectivity index (χ4n) is 4.01. The largest absolute Gasteiger partial charge is 0.449 e. The second kappa shape index (κ2) is 9.06. The van der Waals surface area contributed by atoms with Crippen LogP contribution in [-0.2, 0) is 4.74 Å². The van der Waals surface area contributed by atoms with Crippen LogP contribution < -0.4 is 5.32 Å². The molecule has 0 spiro atoms. The van der Waals surface area contributed by atoms with Crippen LogP contribution in [0.4, 0.5) is 4.79 Å². The molecule has 2 atom stereocenters. The molecule has 0 radical (unpaired) electrons. The first kappa shape index (κ1) is 21.3. The maximum absolute atomic E-state index is 12.2. The van der Waals surface area contributed by atoms with Crippen LogP contribution >= 0.6 is 11.6 Å². The molecule has 4 rings (SSSR count). The van der Waals surface area contributed by atoms with Gasteiger partial charge in [0.2, 0.25) is 0 Å². The molecule has 7 heteroatoms. The van der Waals surface area contributed by atoms with E-state index in [1.807, 2.05) is 36.4 Å². The van der Waals surface area contributed by atoms with Crippen molar-refractivity contribution < 1.29 is 19.7 Å². The number of aliphatic hydroxyl groups is 2. The first-order chi connectivity index (χ1) is 15.0. The van der Waals surface area contributed by atoms with Crippen molar-refractivity contribution in [3.63, 3.8) is 0 Å². The minimum atomic E-state index is -1.22. The average molecular weight is 439 g/mol. The van der Waals surface area contributed by atoms with E-state index >= 15 is 0 Å². The Morgan fingerprint density at radius 1 is 1.06 bits per heavy atom. The lowest BCUT2D eigenvalue weighted by Gasteiger charge is -2.20. The van der Waals surface area contributed by atoms with Crippen LogP contribution in [0, 0.1) is 6.92 Å². The van der Waals surface area contributed by atoms with Crippen LogP contribution in [0.15, 0.2) is 60.7 Å². The predicted octanol–water partition coefficient (Wildman–Crippen LogP) is 3.98. The number of benzene rings is 2. The molecular formula is C24H23ClN2O4. The summed E-state index contributed by atoms with van der Waals surface area (Å²) >= 11 is 5.83. The van der Waals surface area contributed by atoms with E-state index < -0.39 is 18.3 Å². The molecule has 3 N–H and O–H groups in total. The van der Waals surface area contributed by atoms with Crippen molar-refractivity contribution in [1.29, 1.82) is 0 Å². The van der Waals surface area contributed by atoms with Crippen LogP contribution in [0.25, 0.3) is 11.1 Å². The fraction of sp³-hybridized carbons (Fsp3) is 0.250. The maximum atomic E-state index is 12.2. The Balaban J connectivity index is 1.35. The Morgan fingerprint density at radius 2 is 1.68 bits per heavy atom. The van der Waals surface area contributed by atoms with Crippen molar-refractivity contribution in [2.24, 2.45) is 0 Å². The second-order valence-corrected chi connectivity index (χ2v) is 7.91. The zero-order valence-corrected chi connectivity index (χ0v) is 17.7. The SMILES string of the molecule is Cc1nc(Cl)ccc1C(O)C(O)CNC(=O)OCC1c2ccccc2-c2ccccc21. The Labute approximate surface area is 185 Å². The van der Waals surface area contributed by atoms with E-state index in [4.69, 9.17) is 16.3 Å². The second-order valence-electron chi connectivity index (χ2n) is 7.53. The van der Waals surface area contributed by atoms with Gasteiger partial charge in [-0.3, -0.25) is 0 Å². The van der Waals surface area contributed by atoms with E-state index in [2.05, 4.69) is 22.4 Å². The highest BCUT2D eigenvalue weighted by Gasteiger charge is 2.29. The Bertz CT molecular complexity index is 1060.